The van der Waals surface area contributed by atoms with Gasteiger partial charge >= 0.3 is 0 Å². The highest BCUT2D eigenvalue weighted by Crippen LogP contribution is 2.16. The van der Waals surface area contributed by atoms with Crippen LogP contribution in [0.15, 0.2) is 24.3 Å². The zero-order valence-corrected chi connectivity index (χ0v) is 13.3. The summed E-state index contributed by atoms with van der Waals surface area (Å²) in [6.07, 6.45) is 0.153. The van der Waals surface area contributed by atoms with Gasteiger partial charge in [0.1, 0.15) is 5.75 Å². The lowest BCUT2D eigenvalue weighted by molar-refractivity contribution is -0.120. The Hall–Kier alpha value is -1.63. The molecule has 1 aromatic rings. The van der Waals surface area contributed by atoms with E-state index in [4.69, 9.17) is 9.47 Å². The van der Waals surface area contributed by atoms with Crippen LogP contribution in [0.3, 0.4) is 0 Å². The normalized spacial score (nSPS) is 18.9. The number of carbonyl (C=O) groups is 1. The summed E-state index contributed by atoms with van der Waals surface area (Å²) in [5, 5.41) is 6.03. The van der Waals surface area contributed by atoms with Crippen LogP contribution in [0.1, 0.15) is 5.56 Å². The highest BCUT2D eigenvalue weighted by atomic mass is 16.5. The highest BCUT2D eigenvalue weighted by Gasteiger charge is 2.17. The molecular formula is C16H25N3O3. The minimum Gasteiger partial charge on any atom is -0.496 e. The second-order valence-corrected chi connectivity index (χ2v) is 5.47. The number of nitrogens with one attached hydrogen (secondary N) is 2. The van der Waals surface area contributed by atoms with Crippen LogP contribution in [-0.4, -0.2) is 63.9 Å². The average Bonchev–Trinajstić information content (AvgIpc) is 2.53. The predicted molar refractivity (Wildman–Crippen MR) is 84.9 cm³/mol. The average molecular weight is 307 g/mol. The first-order valence-electron chi connectivity index (χ1n) is 7.58. The van der Waals surface area contributed by atoms with Gasteiger partial charge in [-0.05, 0) is 13.1 Å². The number of hydrogen-bond acceptors (Lipinski definition) is 5. The van der Waals surface area contributed by atoms with Crippen molar-refractivity contribution in [2.45, 2.75) is 12.6 Å². The molecule has 1 fully saturated rings. The monoisotopic (exact) mass is 307 g/mol. The maximum absolute atomic E-state index is 11.9. The number of para-hydroxylation sites is 1. The third-order valence-electron chi connectivity index (χ3n) is 3.67. The van der Waals surface area contributed by atoms with Gasteiger partial charge in [-0.3, -0.25) is 4.79 Å². The van der Waals surface area contributed by atoms with Crippen LogP contribution in [0, 0.1) is 0 Å². The molecule has 0 aromatic heterocycles. The number of rotatable bonds is 7. The number of carbonyl (C=O) groups excluding carboxylic acids is 1. The lowest BCUT2D eigenvalue weighted by atomic mass is 10.2. The summed E-state index contributed by atoms with van der Waals surface area (Å²) in [5.74, 6) is 0.754. The summed E-state index contributed by atoms with van der Waals surface area (Å²) in [7, 11) is 3.71. The molecule has 0 saturated carbocycles. The van der Waals surface area contributed by atoms with Crippen molar-refractivity contribution < 1.29 is 14.3 Å². The third-order valence-corrected chi connectivity index (χ3v) is 3.67. The van der Waals surface area contributed by atoms with Crippen LogP contribution in [0.2, 0.25) is 0 Å². The highest BCUT2D eigenvalue weighted by molar-refractivity contribution is 5.78. The summed E-state index contributed by atoms with van der Waals surface area (Å²) in [5.41, 5.74) is 0.968. The topological polar surface area (TPSA) is 62.8 Å². The molecule has 1 aliphatic heterocycles. The lowest BCUT2D eigenvalue weighted by Gasteiger charge is -2.30. The smallest absolute Gasteiger partial charge is 0.234 e. The van der Waals surface area contributed by atoms with E-state index in [0.29, 0.717) is 19.6 Å². The minimum atomic E-state index is -0.0323. The molecule has 0 spiro atoms. The number of nitrogens with zero attached hydrogens (tertiary/aromatic N) is 1. The molecule has 2 N–H and O–H groups in total. The van der Waals surface area contributed by atoms with Crippen molar-refractivity contribution >= 4 is 5.91 Å². The SMILES string of the molecule is COc1ccccc1CNC(=O)CNC[C@H]1CN(C)CCO1. The van der Waals surface area contributed by atoms with Gasteiger partial charge in [-0.15, -0.1) is 0 Å². The van der Waals surface area contributed by atoms with Gasteiger partial charge < -0.3 is 25.0 Å². The van der Waals surface area contributed by atoms with Crippen LogP contribution < -0.4 is 15.4 Å². The first kappa shape index (κ1) is 16.7. The molecule has 22 heavy (non-hydrogen) atoms. The van der Waals surface area contributed by atoms with Gasteiger partial charge in [0.05, 0.1) is 26.4 Å². The quantitative estimate of drug-likeness (QED) is 0.755. The molecule has 6 heteroatoms. The minimum absolute atomic E-state index is 0.0323. The van der Waals surface area contributed by atoms with E-state index in [-0.39, 0.29) is 12.0 Å². The molecular weight excluding hydrogens is 282 g/mol. The standard InChI is InChI=1S/C16H25N3O3/c1-19-7-8-22-14(12-19)10-17-11-16(20)18-9-13-5-3-4-6-15(13)21-2/h3-6,14,17H,7-12H2,1-2H3,(H,18,20)/t14-/m0/s1. The lowest BCUT2D eigenvalue weighted by Crippen LogP contribution is -2.46. The van der Waals surface area contributed by atoms with Crippen LogP contribution in [0.4, 0.5) is 0 Å². The Morgan fingerprint density at radius 2 is 2.27 bits per heavy atom. The van der Waals surface area contributed by atoms with E-state index in [2.05, 4.69) is 22.6 Å². The zero-order valence-electron chi connectivity index (χ0n) is 13.3. The molecule has 1 heterocycles. The maximum atomic E-state index is 11.9. The van der Waals surface area contributed by atoms with Crippen molar-refractivity contribution in [3.05, 3.63) is 29.8 Å². The summed E-state index contributed by atoms with van der Waals surface area (Å²) in [6, 6.07) is 7.67. The van der Waals surface area contributed by atoms with Gasteiger partial charge in [0.15, 0.2) is 0 Å². The first-order valence-corrected chi connectivity index (χ1v) is 7.58. The Labute approximate surface area is 131 Å². The fourth-order valence-electron chi connectivity index (χ4n) is 2.44. The molecule has 1 aliphatic rings. The van der Waals surface area contributed by atoms with E-state index >= 15 is 0 Å². The molecule has 0 aliphatic carbocycles. The van der Waals surface area contributed by atoms with E-state index in [0.717, 1.165) is 31.0 Å². The van der Waals surface area contributed by atoms with Gasteiger partial charge in [-0.25, -0.2) is 0 Å². The molecule has 1 saturated heterocycles. The second kappa shape index (κ2) is 8.73. The Bertz CT molecular complexity index is 481. The van der Waals surface area contributed by atoms with Crippen molar-refractivity contribution in [2.75, 3.05) is 46.9 Å². The molecule has 0 unspecified atom stereocenters. The number of methoxy groups -OCH3 is 1. The molecule has 0 radical (unpaired) electrons. The van der Waals surface area contributed by atoms with Gasteiger partial charge in [-0.1, -0.05) is 18.2 Å². The molecule has 122 valence electrons. The number of amides is 1. The van der Waals surface area contributed by atoms with Crippen LogP contribution >= 0.6 is 0 Å². The van der Waals surface area contributed by atoms with Crippen LogP contribution in [0.5, 0.6) is 5.75 Å². The molecule has 0 bridgehead atoms. The van der Waals surface area contributed by atoms with E-state index in [9.17, 15) is 4.79 Å². The number of benzene rings is 1. The van der Waals surface area contributed by atoms with E-state index < -0.39 is 0 Å². The van der Waals surface area contributed by atoms with Crippen molar-refractivity contribution in [2.24, 2.45) is 0 Å². The van der Waals surface area contributed by atoms with Crippen molar-refractivity contribution in [1.29, 1.82) is 0 Å². The number of morpholine rings is 1. The molecule has 1 atom stereocenters. The van der Waals surface area contributed by atoms with E-state index in [1.165, 1.54) is 0 Å². The van der Waals surface area contributed by atoms with E-state index in [1.54, 1.807) is 7.11 Å². The molecule has 6 nitrogen and oxygen atoms in total. The third kappa shape index (κ3) is 5.29. The van der Waals surface area contributed by atoms with Crippen LogP contribution in [0.25, 0.3) is 0 Å². The fourth-order valence-corrected chi connectivity index (χ4v) is 2.44. The molecule has 1 amide bonds. The fraction of sp³-hybridized carbons (Fsp3) is 0.562. The second-order valence-electron chi connectivity index (χ2n) is 5.47. The maximum Gasteiger partial charge on any atom is 0.234 e. The van der Waals surface area contributed by atoms with Gasteiger partial charge in [0.2, 0.25) is 5.91 Å². The van der Waals surface area contributed by atoms with Gasteiger partial charge in [0.25, 0.3) is 0 Å². The Balaban J connectivity index is 1.65. The van der Waals surface area contributed by atoms with Gasteiger partial charge in [0, 0.05) is 31.7 Å². The largest absolute Gasteiger partial charge is 0.496 e. The molecule has 1 aromatic carbocycles. The van der Waals surface area contributed by atoms with E-state index in [1.807, 2.05) is 24.3 Å². The Morgan fingerprint density at radius 3 is 3.05 bits per heavy atom. The van der Waals surface area contributed by atoms with Gasteiger partial charge in [-0.2, -0.15) is 0 Å². The summed E-state index contributed by atoms with van der Waals surface area (Å²) in [6.45, 7) is 4.06. The van der Waals surface area contributed by atoms with Crippen LogP contribution in [-0.2, 0) is 16.1 Å². The Morgan fingerprint density at radius 1 is 1.45 bits per heavy atom. The van der Waals surface area contributed by atoms with Crippen molar-refractivity contribution in [3.63, 3.8) is 0 Å². The summed E-state index contributed by atoms with van der Waals surface area (Å²) < 4.78 is 10.9. The summed E-state index contributed by atoms with van der Waals surface area (Å²) >= 11 is 0. The summed E-state index contributed by atoms with van der Waals surface area (Å²) in [4.78, 5) is 14.1. The van der Waals surface area contributed by atoms with Crippen molar-refractivity contribution in [3.8, 4) is 5.75 Å². The predicted octanol–water partition coefficient (Wildman–Crippen LogP) is 0.232. The number of hydrogen-bond donors (Lipinski definition) is 2. The first-order chi connectivity index (χ1) is 10.7. The van der Waals surface area contributed by atoms with Crippen molar-refractivity contribution in [1.82, 2.24) is 15.5 Å². The number of ether oxygens (including phenoxy) is 2. The Kier molecular flexibility index (Phi) is 6.64. The zero-order chi connectivity index (χ0) is 15.8. The molecule has 2 rings (SSSR count). The number of likely N-dealkylation sites (N-methyl/N-ethyl adjacent to an activating group) is 1.